The molecule has 0 radical (unpaired) electrons. The van der Waals surface area contributed by atoms with Gasteiger partial charge < -0.3 is 15.2 Å². The molecular weight excluding hydrogens is 262 g/mol. The first-order valence-corrected chi connectivity index (χ1v) is 7.40. The molecule has 1 unspecified atom stereocenters. The highest BCUT2D eigenvalue weighted by Gasteiger charge is 2.21. The summed E-state index contributed by atoms with van der Waals surface area (Å²) >= 11 is 0. The highest BCUT2D eigenvalue weighted by atomic mass is 16.5. The molecule has 21 heavy (non-hydrogen) atoms. The van der Waals surface area contributed by atoms with E-state index in [9.17, 15) is 5.11 Å². The van der Waals surface area contributed by atoms with Gasteiger partial charge in [-0.1, -0.05) is 6.07 Å². The highest BCUT2D eigenvalue weighted by Crippen LogP contribution is 2.35. The summed E-state index contributed by atoms with van der Waals surface area (Å²) in [4.78, 5) is 0. The lowest BCUT2D eigenvalue weighted by atomic mass is 9.87. The maximum Gasteiger partial charge on any atom is 0.119 e. The van der Waals surface area contributed by atoms with Gasteiger partial charge in [0, 0.05) is 5.69 Å². The van der Waals surface area contributed by atoms with Crippen molar-refractivity contribution in [1.29, 1.82) is 0 Å². The predicted octanol–water partition coefficient (Wildman–Crippen LogP) is 4.20. The number of nitrogens with one attached hydrogen (secondary N) is 1. The molecule has 0 aromatic heterocycles. The van der Waals surface area contributed by atoms with Crippen LogP contribution in [0.5, 0.6) is 11.5 Å². The number of phenols is 1. The maximum absolute atomic E-state index is 9.53. The first-order valence-electron chi connectivity index (χ1n) is 7.40. The number of phenolic OH excluding ortho intramolecular Hbond substituents is 1. The topological polar surface area (TPSA) is 41.5 Å². The molecule has 1 aliphatic carbocycles. The largest absolute Gasteiger partial charge is 0.508 e. The highest BCUT2D eigenvalue weighted by molar-refractivity contribution is 5.55. The third-order valence-electron chi connectivity index (χ3n) is 4.21. The SMILES string of the molecule is COc1ccc2c(c1)C(Nc1ccc(O)cc1C)CCC2. The number of anilines is 1. The fraction of sp³-hybridized carbons (Fsp3) is 0.333. The summed E-state index contributed by atoms with van der Waals surface area (Å²) in [5, 5.41) is 13.1. The van der Waals surface area contributed by atoms with Gasteiger partial charge in [-0.25, -0.2) is 0 Å². The molecule has 3 heteroatoms. The van der Waals surface area contributed by atoms with Crippen molar-refractivity contribution in [2.75, 3.05) is 12.4 Å². The van der Waals surface area contributed by atoms with E-state index in [0.717, 1.165) is 29.8 Å². The summed E-state index contributed by atoms with van der Waals surface area (Å²) in [6, 6.07) is 12.1. The summed E-state index contributed by atoms with van der Waals surface area (Å²) in [5.41, 5.74) is 4.86. The second kappa shape index (κ2) is 5.68. The van der Waals surface area contributed by atoms with E-state index in [-0.39, 0.29) is 0 Å². The lowest BCUT2D eigenvalue weighted by molar-refractivity contribution is 0.413. The van der Waals surface area contributed by atoms with E-state index in [2.05, 4.69) is 17.4 Å². The zero-order valence-electron chi connectivity index (χ0n) is 12.5. The fourth-order valence-electron chi connectivity index (χ4n) is 3.05. The summed E-state index contributed by atoms with van der Waals surface area (Å²) in [5.74, 6) is 1.22. The summed E-state index contributed by atoms with van der Waals surface area (Å²) in [6.45, 7) is 2.01. The lowest BCUT2D eigenvalue weighted by Gasteiger charge is -2.28. The van der Waals surface area contributed by atoms with E-state index in [1.165, 1.54) is 17.5 Å². The molecule has 2 aromatic carbocycles. The minimum atomic E-state index is 0.298. The number of hydrogen-bond donors (Lipinski definition) is 2. The number of methoxy groups -OCH3 is 1. The molecule has 0 amide bonds. The molecule has 3 nitrogen and oxygen atoms in total. The second-order valence-electron chi connectivity index (χ2n) is 5.65. The summed E-state index contributed by atoms with van der Waals surface area (Å²) in [7, 11) is 1.71. The van der Waals surface area contributed by atoms with Crippen molar-refractivity contribution < 1.29 is 9.84 Å². The molecule has 2 aromatic rings. The average molecular weight is 283 g/mol. The Morgan fingerprint density at radius 3 is 2.81 bits per heavy atom. The Morgan fingerprint density at radius 1 is 1.19 bits per heavy atom. The fourth-order valence-corrected chi connectivity index (χ4v) is 3.05. The zero-order chi connectivity index (χ0) is 14.8. The Labute approximate surface area is 125 Å². The summed E-state index contributed by atoms with van der Waals surface area (Å²) in [6.07, 6.45) is 3.43. The number of ether oxygens (including phenoxy) is 1. The molecule has 0 spiro atoms. The van der Waals surface area contributed by atoms with Crippen LogP contribution >= 0.6 is 0 Å². The van der Waals surface area contributed by atoms with Crippen molar-refractivity contribution in [3.63, 3.8) is 0 Å². The average Bonchev–Trinajstić information content (AvgIpc) is 2.50. The van der Waals surface area contributed by atoms with E-state index in [1.807, 2.05) is 19.1 Å². The number of rotatable bonds is 3. The number of fused-ring (bicyclic) bond motifs is 1. The van der Waals surface area contributed by atoms with E-state index in [0.29, 0.717) is 11.8 Å². The van der Waals surface area contributed by atoms with E-state index in [4.69, 9.17) is 4.74 Å². The van der Waals surface area contributed by atoms with Gasteiger partial charge in [-0.2, -0.15) is 0 Å². The molecule has 1 atom stereocenters. The van der Waals surface area contributed by atoms with Gasteiger partial charge in [-0.15, -0.1) is 0 Å². The van der Waals surface area contributed by atoms with Crippen LogP contribution in [0.25, 0.3) is 0 Å². The molecule has 0 aliphatic heterocycles. The van der Waals surface area contributed by atoms with Crippen LogP contribution < -0.4 is 10.1 Å². The Morgan fingerprint density at radius 2 is 2.05 bits per heavy atom. The Kier molecular flexibility index (Phi) is 3.74. The Hall–Kier alpha value is -2.16. The van der Waals surface area contributed by atoms with Crippen molar-refractivity contribution in [3.05, 3.63) is 53.1 Å². The first-order chi connectivity index (χ1) is 10.2. The Balaban J connectivity index is 1.90. The van der Waals surface area contributed by atoms with E-state index >= 15 is 0 Å². The van der Waals surface area contributed by atoms with E-state index in [1.54, 1.807) is 19.2 Å². The quantitative estimate of drug-likeness (QED) is 0.830. The number of benzene rings is 2. The normalized spacial score (nSPS) is 17.1. The van der Waals surface area contributed by atoms with Crippen molar-refractivity contribution in [3.8, 4) is 11.5 Å². The van der Waals surface area contributed by atoms with Crippen molar-refractivity contribution in [2.45, 2.75) is 32.2 Å². The third-order valence-corrected chi connectivity index (χ3v) is 4.21. The van der Waals surface area contributed by atoms with Crippen molar-refractivity contribution in [2.24, 2.45) is 0 Å². The molecule has 3 rings (SSSR count). The van der Waals surface area contributed by atoms with Crippen LogP contribution in [-0.2, 0) is 6.42 Å². The maximum atomic E-state index is 9.53. The van der Waals surface area contributed by atoms with Gasteiger partial charge in [-0.3, -0.25) is 0 Å². The van der Waals surface area contributed by atoms with Crippen LogP contribution in [0.15, 0.2) is 36.4 Å². The van der Waals surface area contributed by atoms with Crippen LogP contribution in [-0.4, -0.2) is 12.2 Å². The number of hydrogen-bond acceptors (Lipinski definition) is 3. The van der Waals surface area contributed by atoms with Gasteiger partial charge >= 0.3 is 0 Å². The summed E-state index contributed by atoms with van der Waals surface area (Å²) < 4.78 is 5.36. The standard InChI is InChI=1S/C18H21NO2/c1-12-10-14(20)7-9-17(12)19-18-5-3-4-13-6-8-15(21-2)11-16(13)18/h6-11,18-20H,3-5H2,1-2H3. The lowest BCUT2D eigenvalue weighted by Crippen LogP contribution is -2.18. The predicted molar refractivity (Wildman–Crippen MR) is 85.1 cm³/mol. The molecule has 1 aliphatic rings. The van der Waals surface area contributed by atoms with Crippen LogP contribution in [0.1, 0.15) is 35.6 Å². The first kappa shape index (κ1) is 13.8. The minimum absolute atomic E-state index is 0.298. The van der Waals surface area contributed by atoms with Crippen molar-refractivity contribution in [1.82, 2.24) is 0 Å². The molecule has 0 fully saturated rings. The van der Waals surface area contributed by atoms with Crippen LogP contribution in [0.3, 0.4) is 0 Å². The van der Waals surface area contributed by atoms with Gasteiger partial charge in [0.15, 0.2) is 0 Å². The van der Waals surface area contributed by atoms with Gasteiger partial charge in [0.05, 0.1) is 13.2 Å². The number of aryl methyl sites for hydroxylation is 2. The smallest absolute Gasteiger partial charge is 0.119 e. The molecule has 0 bridgehead atoms. The van der Waals surface area contributed by atoms with Crippen LogP contribution in [0, 0.1) is 6.92 Å². The second-order valence-corrected chi connectivity index (χ2v) is 5.65. The van der Waals surface area contributed by atoms with Crippen LogP contribution in [0.2, 0.25) is 0 Å². The molecular formula is C18H21NO2. The van der Waals surface area contributed by atoms with Gasteiger partial charge in [-0.05, 0) is 73.2 Å². The molecule has 0 heterocycles. The van der Waals surface area contributed by atoms with Gasteiger partial charge in [0.25, 0.3) is 0 Å². The Bertz CT molecular complexity index is 652. The zero-order valence-corrected chi connectivity index (χ0v) is 12.5. The molecule has 0 saturated heterocycles. The molecule has 110 valence electrons. The minimum Gasteiger partial charge on any atom is -0.508 e. The number of aromatic hydroxyl groups is 1. The third kappa shape index (κ3) is 2.82. The van der Waals surface area contributed by atoms with Gasteiger partial charge in [0.2, 0.25) is 0 Å². The molecule has 0 saturated carbocycles. The van der Waals surface area contributed by atoms with Crippen molar-refractivity contribution >= 4 is 5.69 Å². The monoisotopic (exact) mass is 283 g/mol. The van der Waals surface area contributed by atoms with Gasteiger partial charge in [0.1, 0.15) is 11.5 Å². The van der Waals surface area contributed by atoms with E-state index < -0.39 is 0 Å². The molecule has 2 N–H and O–H groups in total. The van der Waals surface area contributed by atoms with Crippen LogP contribution in [0.4, 0.5) is 5.69 Å².